The van der Waals surface area contributed by atoms with Crippen LogP contribution in [0.4, 0.5) is 0 Å². The molecule has 0 saturated heterocycles. The Bertz CT molecular complexity index is 193. The third-order valence-corrected chi connectivity index (χ3v) is 2.24. The van der Waals surface area contributed by atoms with Crippen LogP contribution in [0.3, 0.4) is 0 Å². The van der Waals surface area contributed by atoms with Gasteiger partial charge in [-0.25, -0.2) is 0 Å². The Kier molecular flexibility index (Phi) is 2.84. The van der Waals surface area contributed by atoms with Crippen LogP contribution in [-0.2, 0) is 0 Å². The van der Waals surface area contributed by atoms with Gasteiger partial charge in [-0.3, -0.25) is 5.01 Å². The van der Waals surface area contributed by atoms with Crippen molar-refractivity contribution in [2.45, 2.75) is 40.8 Å². The lowest BCUT2D eigenvalue weighted by molar-refractivity contribution is 0.127. The van der Waals surface area contributed by atoms with Crippen molar-refractivity contribution in [1.82, 2.24) is 9.91 Å². The van der Waals surface area contributed by atoms with E-state index in [1.54, 1.807) is 0 Å². The van der Waals surface area contributed by atoms with Gasteiger partial charge in [0.1, 0.15) is 12.5 Å². The number of nitrogens with zero attached hydrogens (tertiary/aromatic N) is 3. The zero-order valence-electron chi connectivity index (χ0n) is 9.41. The van der Waals surface area contributed by atoms with Crippen LogP contribution in [0.25, 0.3) is 0 Å². The summed E-state index contributed by atoms with van der Waals surface area (Å²) >= 11 is 0. The van der Waals surface area contributed by atoms with Crippen LogP contribution in [0, 0.1) is 5.41 Å². The van der Waals surface area contributed by atoms with Crippen LogP contribution in [0.5, 0.6) is 0 Å². The number of rotatable bonds is 2. The second-order valence-corrected chi connectivity index (χ2v) is 4.85. The highest BCUT2D eigenvalue weighted by Crippen LogP contribution is 2.19. The highest BCUT2D eigenvalue weighted by molar-refractivity contribution is 5.57. The minimum atomic E-state index is 0.337. The molecule has 0 saturated carbocycles. The van der Waals surface area contributed by atoms with E-state index in [0.29, 0.717) is 11.6 Å². The SMILES string of the molecule is CCN1N=CN(CC(C)(C)C)C1C. The Hall–Kier alpha value is -0.730. The molecule has 3 heteroatoms. The van der Waals surface area contributed by atoms with Crippen molar-refractivity contribution in [3.8, 4) is 0 Å². The van der Waals surface area contributed by atoms with E-state index in [1.165, 1.54) is 0 Å². The quantitative estimate of drug-likeness (QED) is 0.651. The molecule has 0 aromatic carbocycles. The van der Waals surface area contributed by atoms with E-state index < -0.39 is 0 Å². The minimum Gasteiger partial charge on any atom is -0.339 e. The van der Waals surface area contributed by atoms with E-state index in [9.17, 15) is 0 Å². The molecular weight excluding hydrogens is 162 g/mol. The summed E-state index contributed by atoms with van der Waals surface area (Å²) in [6.07, 6.45) is 2.38. The molecule has 0 aromatic rings. The van der Waals surface area contributed by atoms with Gasteiger partial charge in [0.2, 0.25) is 0 Å². The van der Waals surface area contributed by atoms with Crippen molar-refractivity contribution in [3.05, 3.63) is 0 Å². The highest BCUT2D eigenvalue weighted by atomic mass is 15.6. The predicted octanol–water partition coefficient (Wildman–Crippen LogP) is 1.96. The number of hydrogen-bond acceptors (Lipinski definition) is 3. The van der Waals surface area contributed by atoms with Crippen LogP contribution in [0.2, 0.25) is 0 Å². The summed E-state index contributed by atoms with van der Waals surface area (Å²) in [5.41, 5.74) is 0.337. The molecule has 0 radical (unpaired) electrons. The van der Waals surface area contributed by atoms with E-state index in [2.05, 4.69) is 49.6 Å². The first-order valence-electron chi connectivity index (χ1n) is 5.00. The largest absolute Gasteiger partial charge is 0.339 e. The van der Waals surface area contributed by atoms with E-state index in [1.807, 2.05) is 6.34 Å². The van der Waals surface area contributed by atoms with Gasteiger partial charge in [-0.2, -0.15) is 5.10 Å². The summed E-state index contributed by atoms with van der Waals surface area (Å²) in [6, 6.07) is 0. The smallest absolute Gasteiger partial charge is 0.116 e. The molecule has 1 heterocycles. The van der Waals surface area contributed by atoms with E-state index >= 15 is 0 Å². The summed E-state index contributed by atoms with van der Waals surface area (Å²) in [5, 5.41) is 6.44. The van der Waals surface area contributed by atoms with Crippen molar-refractivity contribution < 1.29 is 0 Å². The zero-order valence-corrected chi connectivity index (χ0v) is 9.41. The van der Waals surface area contributed by atoms with Crippen LogP contribution >= 0.6 is 0 Å². The monoisotopic (exact) mass is 183 g/mol. The summed E-state index contributed by atoms with van der Waals surface area (Å²) in [4.78, 5) is 2.30. The second kappa shape index (κ2) is 3.56. The molecule has 0 N–H and O–H groups in total. The van der Waals surface area contributed by atoms with Crippen LogP contribution in [-0.4, -0.2) is 35.5 Å². The molecule has 0 fully saturated rings. The third-order valence-electron chi connectivity index (χ3n) is 2.24. The summed E-state index contributed by atoms with van der Waals surface area (Å²) in [7, 11) is 0. The maximum atomic E-state index is 4.34. The van der Waals surface area contributed by atoms with E-state index in [0.717, 1.165) is 13.1 Å². The molecule has 0 bridgehead atoms. The Balaban J connectivity index is 2.51. The van der Waals surface area contributed by atoms with Crippen molar-refractivity contribution >= 4 is 6.34 Å². The van der Waals surface area contributed by atoms with Crippen molar-refractivity contribution in [1.29, 1.82) is 0 Å². The Morgan fingerprint density at radius 3 is 2.38 bits per heavy atom. The minimum absolute atomic E-state index is 0.337. The fraction of sp³-hybridized carbons (Fsp3) is 0.900. The van der Waals surface area contributed by atoms with Gasteiger partial charge in [-0.05, 0) is 19.3 Å². The first-order chi connectivity index (χ1) is 5.94. The van der Waals surface area contributed by atoms with Gasteiger partial charge in [-0.15, -0.1) is 0 Å². The average Bonchev–Trinajstić information content (AvgIpc) is 2.30. The molecule has 3 nitrogen and oxygen atoms in total. The van der Waals surface area contributed by atoms with E-state index in [4.69, 9.17) is 0 Å². The fourth-order valence-electron chi connectivity index (χ4n) is 1.56. The first kappa shape index (κ1) is 10.4. The van der Waals surface area contributed by atoms with Crippen molar-refractivity contribution in [2.75, 3.05) is 13.1 Å². The molecule has 1 aliphatic rings. The molecule has 0 spiro atoms. The lowest BCUT2D eigenvalue weighted by Crippen LogP contribution is -2.41. The Labute approximate surface area is 81.4 Å². The van der Waals surface area contributed by atoms with Gasteiger partial charge in [0.15, 0.2) is 0 Å². The van der Waals surface area contributed by atoms with Crippen LogP contribution in [0.15, 0.2) is 5.10 Å². The maximum absolute atomic E-state index is 4.34. The van der Waals surface area contributed by atoms with Crippen molar-refractivity contribution in [3.63, 3.8) is 0 Å². The molecule has 76 valence electrons. The molecule has 0 aromatic heterocycles. The second-order valence-electron chi connectivity index (χ2n) is 4.85. The van der Waals surface area contributed by atoms with E-state index in [-0.39, 0.29) is 0 Å². The summed E-state index contributed by atoms with van der Waals surface area (Å²) in [5.74, 6) is 0. The van der Waals surface area contributed by atoms with Gasteiger partial charge >= 0.3 is 0 Å². The molecule has 1 atom stereocenters. The lowest BCUT2D eigenvalue weighted by atomic mass is 9.96. The Morgan fingerprint density at radius 1 is 1.38 bits per heavy atom. The topological polar surface area (TPSA) is 18.8 Å². The molecule has 1 unspecified atom stereocenters. The predicted molar refractivity (Wildman–Crippen MR) is 56.5 cm³/mol. The van der Waals surface area contributed by atoms with Crippen molar-refractivity contribution in [2.24, 2.45) is 10.5 Å². The van der Waals surface area contributed by atoms with Gasteiger partial charge < -0.3 is 4.90 Å². The zero-order chi connectivity index (χ0) is 10.1. The lowest BCUT2D eigenvalue weighted by Gasteiger charge is -2.31. The fourth-order valence-corrected chi connectivity index (χ4v) is 1.56. The highest BCUT2D eigenvalue weighted by Gasteiger charge is 2.25. The third kappa shape index (κ3) is 2.61. The van der Waals surface area contributed by atoms with Crippen LogP contribution in [0.1, 0.15) is 34.6 Å². The number of hydrogen-bond donors (Lipinski definition) is 0. The molecule has 0 amide bonds. The maximum Gasteiger partial charge on any atom is 0.116 e. The standard InChI is InChI=1S/C10H21N3/c1-6-13-9(2)12(8-11-13)7-10(3,4)5/h8-9H,6-7H2,1-5H3. The van der Waals surface area contributed by atoms with Gasteiger partial charge in [0, 0.05) is 13.1 Å². The molecule has 1 aliphatic heterocycles. The summed E-state index contributed by atoms with van der Waals surface area (Å²) < 4.78 is 0. The average molecular weight is 183 g/mol. The van der Waals surface area contributed by atoms with Gasteiger partial charge in [0.05, 0.1) is 0 Å². The van der Waals surface area contributed by atoms with Crippen LogP contribution < -0.4 is 0 Å². The number of hydrazone groups is 1. The van der Waals surface area contributed by atoms with Gasteiger partial charge in [-0.1, -0.05) is 20.8 Å². The molecule has 1 rings (SSSR count). The first-order valence-corrected chi connectivity index (χ1v) is 5.00. The molecule has 0 aliphatic carbocycles. The molecular formula is C10H21N3. The summed E-state index contributed by atoms with van der Waals surface area (Å²) in [6.45, 7) is 13.1. The molecule has 13 heavy (non-hydrogen) atoms. The van der Waals surface area contributed by atoms with Gasteiger partial charge in [0.25, 0.3) is 0 Å². The normalized spacial score (nSPS) is 23.0. The Morgan fingerprint density at radius 2 is 2.00 bits per heavy atom.